The fourth-order valence-electron chi connectivity index (χ4n) is 2.86. The van der Waals surface area contributed by atoms with Crippen molar-refractivity contribution in [3.8, 4) is 11.5 Å². The smallest absolute Gasteiger partial charge is 0.264 e. The lowest BCUT2D eigenvalue weighted by Gasteiger charge is -2.24. The Bertz CT molecular complexity index is 1220. The number of benzene rings is 2. The Labute approximate surface area is 207 Å². The molecule has 0 spiro atoms. The highest BCUT2D eigenvalue weighted by molar-refractivity contribution is 8.01. The van der Waals surface area contributed by atoms with Gasteiger partial charge < -0.3 is 9.47 Å². The predicted molar refractivity (Wildman–Crippen MR) is 135 cm³/mol. The number of carbonyl (C=O) groups excluding carboxylic acids is 1. The van der Waals surface area contributed by atoms with Crippen molar-refractivity contribution in [3.05, 3.63) is 48.5 Å². The number of anilines is 2. The highest BCUT2D eigenvalue weighted by Crippen LogP contribution is 2.32. The van der Waals surface area contributed by atoms with Crippen LogP contribution in [0.5, 0.6) is 11.5 Å². The van der Waals surface area contributed by atoms with Gasteiger partial charge in [0, 0.05) is 11.8 Å². The van der Waals surface area contributed by atoms with Gasteiger partial charge in [0.1, 0.15) is 6.54 Å². The van der Waals surface area contributed by atoms with Crippen molar-refractivity contribution in [2.75, 3.05) is 36.1 Å². The molecular formula is C22H26N4O5S3. The van der Waals surface area contributed by atoms with Crippen LogP contribution in [0.2, 0.25) is 0 Å². The van der Waals surface area contributed by atoms with E-state index in [0.717, 1.165) is 14.4 Å². The zero-order valence-corrected chi connectivity index (χ0v) is 21.7. The molecule has 0 saturated carbocycles. The maximum Gasteiger partial charge on any atom is 0.264 e. The van der Waals surface area contributed by atoms with Gasteiger partial charge in [0.25, 0.3) is 10.0 Å². The number of nitrogens with zero attached hydrogens (tertiary/aromatic N) is 3. The second kappa shape index (κ2) is 11.5. The van der Waals surface area contributed by atoms with E-state index in [0.29, 0.717) is 22.5 Å². The fraction of sp³-hybridized carbons (Fsp3) is 0.318. The van der Waals surface area contributed by atoms with E-state index < -0.39 is 22.5 Å². The van der Waals surface area contributed by atoms with Gasteiger partial charge >= 0.3 is 0 Å². The Balaban J connectivity index is 1.85. The SMILES string of the molecule is COc1ccc(S(=O)(=O)N(CC(=O)Nc2nnc(SCC(C)C)s2)c2ccccc2)cc1OC. The van der Waals surface area contributed by atoms with Gasteiger partial charge in [0.15, 0.2) is 15.8 Å². The molecular weight excluding hydrogens is 496 g/mol. The molecule has 1 aromatic heterocycles. The Kier molecular flexibility index (Phi) is 8.75. The largest absolute Gasteiger partial charge is 0.493 e. The van der Waals surface area contributed by atoms with Crippen LogP contribution in [0.1, 0.15) is 13.8 Å². The number of amides is 1. The summed E-state index contributed by atoms with van der Waals surface area (Å²) in [4.78, 5) is 12.8. The lowest BCUT2D eigenvalue weighted by atomic mass is 10.3. The van der Waals surface area contributed by atoms with E-state index in [1.165, 1.54) is 43.8 Å². The average Bonchev–Trinajstić information content (AvgIpc) is 3.28. The van der Waals surface area contributed by atoms with Gasteiger partial charge in [0.2, 0.25) is 11.0 Å². The lowest BCUT2D eigenvalue weighted by molar-refractivity contribution is -0.114. The summed E-state index contributed by atoms with van der Waals surface area (Å²) in [6.45, 7) is 3.76. The average molecular weight is 523 g/mol. The quantitative estimate of drug-likeness (QED) is 0.296. The highest BCUT2D eigenvalue weighted by Gasteiger charge is 2.28. The summed E-state index contributed by atoms with van der Waals surface area (Å²) >= 11 is 2.81. The number of carbonyl (C=O) groups is 1. The van der Waals surface area contributed by atoms with Crippen LogP contribution >= 0.6 is 23.1 Å². The first-order chi connectivity index (χ1) is 16.2. The molecule has 3 aromatic rings. The molecule has 0 aliphatic rings. The number of ether oxygens (including phenoxy) is 2. The molecule has 0 fully saturated rings. The van der Waals surface area contributed by atoms with Crippen LogP contribution in [-0.2, 0) is 14.8 Å². The molecule has 0 aliphatic carbocycles. The number of aromatic nitrogens is 2. The summed E-state index contributed by atoms with van der Waals surface area (Å²) in [6, 6.07) is 12.7. The highest BCUT2D eigenvalue weighted by atomic mass is 32.2. The molecule has 0 bridgehead atoms. The summed E-state index contributed by atoms with van der Waals surface area (Å²) in [7, 11) is -1.22. The lowest BCUT2D eigenvalue weighted by Crippen LogP contribution is -2.38. The van der Waals surface area contributed by atoms with Gasteiger partial charge in [-0.25, -0.2) is 8.42 Å². The number of thioether (sulfide) groups is 1. The second-order valence-corrected chi connectivity index (χ2v) is 11.6. The van der Waals surface area contributed by atoms with E-state index in [-0.39, 0.29) is 10.6 Å². The van der Waals surface area contributed by atoms with E-state index in [1.807, 2.05) is 0 Å². The van der Waals surface area contributed by atoms with Crippen molar-refractivity contribution in [2.24, 2.45) is 5.92 Å². The van der Waals surface area contributed by atoms with Crippen molar-refractivity contribution in [1.82, 2.24) is 10.2 Å². The minimum Gasteiger partial charge on any atom is -0.493 e. The van der Waals surface area contributed by atoms with Gasteiger partial charge in [-0.05, 0) is 30.2 Å². The van der Waals surface area contributed by atoms with Crippen LogP contribution in [0.3, 0.4) is 0 Å². The third kappa shape index (κ3) is 6.39. The molecule has 2 aromatic carbocycles. The Morgan fingerprint density at radius 1 is 1.09 bits per heavy atom. The van der Waals surface area contributed by atoms with Crippen LogP contribution in [0.4, 0.5) is 10.8 Å². The Morgan fingerprint density at radius 3 is 2.44 bits per heavy atom. The third-order valence-corrected chi connectivity index (χ3v) is 8.64. The molecule has 0 unspecified atom stereocenters. The van der Waals surface area contributed by atoms with Crippen molar-refractivity contribution in [1.29, 1.82) is 0 Å². The van der Waals surface area contributed by atoms with Crippen LogP contribution in [0.15, 0.2) is 57.8 Å². The molecule has 1 N–H and O–H groups in total. The zero-order valence-electron chi connectivity index (χ0n) is 19.2. The number of nitrogens with one attached hydrogen (secondary N) is 1. The van der Waals surface area contributed by atoms with E-state index in [4.69, 9.17) is 9.47 Å². The number of hydrogen-bond donors (Lipinski definition) is 1. The minimum absolute atomic E-state index is 0.0370. The van der Waals surface area contributed by atoms with Crippen molar-refractivity contribution in [3.63, 3.8) is 0 Å². The Hall–Kier alpha value is -2.83. The van der Waals surface area contributed by atoms with Gasteiger partial charge in [-0.3, -0.25) is 14.4 Å². The second-order valence-electron chi connectivity index (χ2n) is 7.49. The summed E-state index contributed by atoms with van der Waals surface area (Å²) in [5, 5.41) is 11.0. The molecule has 3 rings (SSSR count). The summed E-state index contributed by atoms with van der Waals surface area (Å²) in [6.07, 6.45) is 0. The first-order valence-electron chi connectivity index (χ1n) is 10.3. The van der Waals surface area contributed by atoms with E-state index in [2.05, 4.69) is 29.4 Å². The van der Waals surface area contributed by atoms with E-state index in [1.54, 1.807) is 42.1 Å². The van der Waals surface area contributed by atoms with Gasteiger partial charge in [-0.15, -0.1) is 10.2 Å². The van der Waals surface area contributed by atoms with Crippen LogP contribution in [0, 0.1) is 5.92 Å². The third-order valence-electron chi connectivity index (χ3n) is 4.47. The molecule has 34 heavy (non-hydrogen) atoms. The first kappa shape index (κ1) is 25.8. The maximum atomic E-state index is 13.6. The van der Waals surface area contributed by atoms with Gasteiger partial charge in [-0.1, -0.05) is 55.1 Å². The number of hydrogen-bond acceptors (Lipinski definition) is 9. The molecule has 182 valence electrons. The van der Waals surface area contributed by atoms with Crippen molar-refractivity contribution < 1.29 is 22.7 Å². The van der Waals surface area contributed by atoms with E-state index in [9.17, 15) is 13.2 Å². The predicted octanol–water partition coefficient (Wildman–Crippen LogP) is 4.14. The van der Waals surface area contributed by atoms with Crippen LogP contribution in [-0.4, -0.2) is 51.0 Å². The number of sulfonamides is 1. The molecule has 0 radical (unpaired) electrons. The number of methoxy groups -OCH3 is 2. The van der Waals surface area contributed by atoms with Crippen molar-refractivity contribution >= 4 is 49.8 Å². The fourth-order valence-corrected chi connectivity index (χ4v) is 6.04. The van der Waals surface area contributed by atoms with Crippen molar-refractivity contribution in [2.45, 2.75) is 23.1 Å². The molecule has 0 atom stereocenters. The molecule has 1 heterocycles. The molecule has 9 nitrogen and oxygen atoms in total. The number of rotatable bonds is 11. The van der Waals surface area contributed by atoms with Crippen LogP contribution < -0.4 is 19.1 Å². The maximum absolute atomic E-state index is 13.6. The standard InChI is InChI=1S/C22H26N4O5S3/c1-15(2)14-32-22-25-24-21(33-22)23-20(27)13-26(16-8-6-5-7-9-16)34(28,29)17-10-11-18(30-3)19(12-17)31-4/h5-12,15H,13-14H2,1-4H3,(H,23,24,27). The van der Waals surface area contributed by atoms with Gasteiger partial charge in [-0.2, -0.15) is 0 Å². The zero-order chi connectivity index (χ0) is 24.7. The molecule has 12 heteroatoms. The summed E-state index contributed by atoms with van der Waals surface area (Å²) in [5.74, 6) is 1.50. The summed E-state index contributed by atoms with van der Waals surface area (Å²) < 4.78 is 39.4. The van der Waals surface area contributed by atoms with E-state index >= 15 is 0 Å². The molecule has 0 saturated heterocycles. The number of para-hydroxylation sites is 1. The topological polar surface area (TPSA) is 111 Å². The normalized spacial score (nSPS) is 11.3. The minimum atomic E-state index is -4.11. The molecule has 1 amide bonds. The van der Waals surface area contributed by atoms with Gasteiger partial charge in [0.05, 0.1) is 24.8 Å². The Morgan fingerprint density at radius 2 is 1.79 bits per heavy atom. The summed E-state index contributed by atoms with van der Waals surface area (Å²) in [5.41, 5.74) is 0.345. The molecule has 0 aliphatic heterocycles. The monoisotopic (exact) mass is 522 g/mol. The van der Waals surface area contributed by atoms with Crippen LogP contribution in [0.25, 0.3) is 0 Å². The first-order valence-corrected chi connectivity index (χ1v) is 13.5.